The highest BCUT2D eigenvalue weighted by Crippen LogP contribution is 2.37. The van der Waals surface area contributed by atoms with E-state index in [1.807, 2.05) is 18.2 Å². The third-order valence-electron chi connectivity index (χ3n) is 5.06. The Hall–Kier alpha value is -2.03. The molecular weight excluding hydrogens is 286 g/mol. The van der Waals surface area contributed by atoms with E-state index in [1.54, 1.807) is 0 Å². The molecule has 122 valence electrons. The number of ether oxygens (including phenoxy) is 1. The number of methoxy groups -OCH3 is 1. The molecule has 1 fully saturated rings. The van der Waals surface area contributed by atoms with Crippen LogP contribution in [0.15, 0.2) is 53.9 Å². The summed E-state index contributed by atoms with van der Waals surface area (Å²) in [6.07, 6.45) is 10.6. The van der Waals surface area contributed by atoms with Crippen LogP contribution in [0.4, 0.5) is 0 Å². The second-order valence-corrected chi connectivity index (χ2v) is 6.42. The lowest BCUT2D eigenvalue weighted by Gasteiger charge is -2.38. The number of hydrogen-bond donors (Lipinski definition) is 0. The number of esters is 1. The van der Waals surface area contributed by atoms with Crippen molar-refractivity contribution in [3.05, 3.63) is 59.4 Å². The highest BCUT2D eigenvalue weighted by Gasteiger charge is 2.31. The Kier molecular flexibility index (Phi) is 4.85. The summed E-state index contributed by atoms with van der Waals surface area (Å²) in [5, 5.41) is 0. The van der Waals surface area contributed by atoms with E-state index in [0.717, 1.165) is 16.8 Å². The molecule has 1 saturated carbocycles. The second kappa shape index (κ2) is 7.03. The molecule has 0 N–H and O–H groups in total. The Bertz CT molecular complexity index is 612. The van der Waals surface area contributed by atoms with Crippen LogP contribution in [0.3, 0.4) is 0 Å². The van der Waals surface area contributed by atoms with E-state index < -0.39 is 0 Å². The first-order chi connectivity index (χ1) is 11.2. The van der Waals surface area contributed by atoms with Gasteiger partial charge in [0.25, 0.3) is 0 Å². The first kappa shape index (κ1) is 15.9. The van der Waals surface area contributed by atoms with Gasteiger partial charge < -0.3 is 9.64 Å². The van der Waals surface area contributed by atoms with Crippen LogP contribution in [0, 0.1) is 0 Å². The van der Waals surface area contributed by atoms with Crippen LogP contribution in [-0.2, 0) is 9.53 Å². The van der Waals surface area contributed by atoms with Gasteiger partial charge in [0.2, 0.25) is 0 Å². The zero-order valence-corrected chi connectivity index (χ0v) is 14.0. The summed E-state index contributed by atoms with van der Waals surface area (Å²) in [6, 6.07) is 10.7. The molecule has 1 heterocycles. The molecule has 1 unspecified atom stereocenters. The molecule has 1 aromatic carbocycles. The van der Waals surface area contributed by atoms with Gasteiger partial charge in [0.1, 0.15) is 0 Å². The zero-order valence-electron chi connectivity index (χ0n) is 14.0. The van der Waals surface area contributed by atoms with E-state index in [2.05, 4.69) is 36.2 Å². The van der Waals surface area contributed by atoms with Crippen molar-refractivity contribution in [3.8, 4) is 0 Å². The molecule has 3 rings (SSSR count). The van der Waals surface area contributed by atoms with Crippen molar-refractivity contribution < 1.29 is 9.53 Å². The molecule has 1 aromatic rings. The minimum atomic E-state index is -0.221. The number of rotatable bonds is 3. The minimum absolute atomic E-state index is 0.0245. The van der Waals surface area contributed by atoms with Crippen molar-refractivity contribution in [2.24, 2.45) is 0 Å². The van der Waals surface area contributed by atoms with Gasteiger partial charge in [0, 0.05) is 23.9 Å². The predicted octanol–water partition coefficient (Wildman–Crippen LogP) is 4.38. The number of benzene rings is 1. The molecule has 3 nitrogen and oxygen atoms in total. The van der Waals surface area contributed by atoms with Crippen LogP contribution in [-0.4, -0.2) is 24.0 Å². The van der Waals surface area contributed by atoms with Crippen LogP contribution in [0.5, 0.6) is 0 Å². The van der Waals surface area contributed by atoms with Gasteiger partial charge in [-0.1, -0.05) is 55.7 Å². The van der Waals surface area contributed by atoms with Gasteiger partial charge in [0.05, 0.1) is 12.7 Å². The van der Waals surface area contributed by atoms with Crippen LogP contribution in [0.1, 0.15) is 50.5 Å². The van der Waals surface area contributed by atoms with Crippen molar-refractivity contribution in [1.29, 1.82) is 0 Å². The first-order valence-electron chi connectivity index (χ1n) is 8.53. The van der Waals surface area contributed by atoms with Crippen molar-refractivity contribution in [2.45, 2.75) is 51.0 Å². The number of nitrogens with zero attached hydrogens (tertiary/aromatic N) is 1. The fourth-order valence-corrected chi connectivity index (χ4v) is 3.83. The summed E-state index contributed by atoms with van der Waals surface area (Å²) in [5.41, 5.74) is 2.94. The van der Waals surface area contributed by atoms with Crippen molar-refractivity contribution in [1.82, 2.24) is 4.90 Å². The molecule has 2 aliphatic rings. The molecule has 0 radical (unpaired) electrons. The number of carbonyl (C=O) groups excluding carboxylic acids is 1. The van der Waals surface area contributed by atoms with E-state index >= 15 is 0 Å². The quantitative estimate of drug-likeness (QED) is 0.776. The molecule has 1 aliphatic carbocycles. The molecule has 1 atom stereocenters. The van der Waals surface area contributed by atoms with E-state index in [9.17, 15) is 4.79 Å². The summed E-state index contributed by atoms with van der Waals surface area (Å²) >= 11 is 0. The van der Waals surface area contributed by atoms with Crippen LogP contribution >= 0.6 is 0 Å². The van der Waals surface area contributed by atoms with Gasteiger partial charge in [-0.3, -0.25) is 0 Å². The maximum atomic E-state index is 12.4. The fourth-order valence-electron chi connectivity index (χ4n) is 3.83. The Morgan fingerprint density at radius 2 is 1.83 bits per heavy atom. The van der Waals surface area contributed by atoms with E-state index in [4.69, 9.17) is 4.74 Å². The van der Waals surface area contributed by atoms with Gasteiger partial charge in [-0.2, -0.15) is 0 Å². The fraction of sp³-hybridized carbons (Fsp3) is 0.450. The molecule has 0 amide bonds. The Morgan fingerprint density at radius 1 is 1.13 bits per heavy atom. The third kappa shape index (κ3) is 3.19. The van der Waals surface area contributed by atoms with Crippen molar-refractivity contribution in [2.75, 3.05) is 7.11 Å². The van der Waals surface area contributed by atoms with Gasteiger partial charge >= 0.3 is 5.97 Å². The monoisotopic (exact) mass is 311 g/mol. The Balaban J connectivity index is 1.96. The van der Waals surface area contributed by atoms with E-state index in [1.165, 1.54) is 39.2 Å². The van der Waals surface area contributed by atoms with Gasteiger partial charge in [0.15, 0.2) is 0 Å². The SMILES string of the molecule is COC(=O)C1=C(C)N(C2CCCCC2)C=CC1c1ccccc1. The van der Waals surface area contributed by atoms with Gasteiger partial charge in [-0.05, 0) is 25.3 Å². The van der Waals surface area contributed by atoms with Crippen molar-refractivity contribution in [3.63, 3.8) is 0 Å². The average molecular weight is 311 g/mol. The number of carbonyl (C=O) groups is 1. The summed E-state index contributed by atoms with van der Waals surface area (Å²) in [4.78, 5) is 14.7. The second-order valence-electron chi connectivity index (χ2n) is 6.42. The van der Waals surface area contributed by atoms with Crippen LogP contribution in [0.2, 0.25) is 0 Å². The highest BCUT2D eigenvalue weighted by molar-refractivity contribution is 5.92. The standard InChI is InChI=1S/C20H25NO2/c1-15-19(20(22)23-2)18(16-9-5-3-6-10-16)13-14-21(15)17-11-7-4-8-12-17/h3,5-6,9-10,13-14,17-18H,4,7-8,11-12H2,1-2H3. The van der Waals surface area contributed by atoms with Crippen molar-refractivity contribution >= 4 is 5.97 Å². The molecule has 1 aliphatic heterocycles. The zero-order chi connectivity index (χ0) is 16.2. The van der Waals surface area contributed by atoms with E-state index in [0.29, 0.717) is 6.04 Å². The van der Waals surface area contributed by atoms with Crippen LogP contribution in [0.25, 0.3) is 0 Å². The van der Waals surface area contributed by atoms with Gasteiger partial charge in [-0.25, -0.2) is 4.79 Å². The van der Waals surface area contributed by atoms with E-state index in [-0.39, 0.29) is 11.9 Å². The molecule has 0 spiro atoms. The van der Waals surface area contributed by atoms with Crippen LogP contribution < -0.4 is 0 Å². The normalized spacial score (nSPS) is 22.3. The molecule has 23 heavy (non-hydrogen) atoms. The maximum absolute atomic E-state index is 12.4. The lowest BCUT2D eigenvalue weighted by atomic mass is 9.86. The molecule has 0 saturated heterocycles. The highest BCUT2D eigenvalue weighted by atomic mass is 16.5. The number of hydrogen-bond acceptors (Lipinski definition) is 3. The summed E-state index contributed by atoms with van der Waals surface area (Å²) in [7, 11) is 1.47. The summed E-state index contributed by atoms with van der Waals surface area (Å²) in [6.45, 7) is 2.06. The maximum Gasteiger partial charge on any atom is 0.336 e. The average Bonchev–Trinajstić information content (AvgIpc) is 2.62. The third-order valence-corrected chi connectivity index (χ3v) is 5.06. The largest absolute Gasteiger partial charge is 0.466 e. The molecule has 3 heteroatoms. The van der Waals surface area contributed by atoms with Gasteiger partial charge in [-0.15, -0.1) is 0 Å². The minimum Gasteiger partial charge on any atom is -0.466 e. The predicted molar refractivity (Wildman–Crippen MR) is 91.8 cm³/mol. The smallest absolute Gasteiger partial charge is 0.336 e. The lowest BCUT2D eigenvalue weighted by molar-refractivity contribution is -0.136. The molecule has 0 bridgehead atoms. The Morgan fingerprint density at radius 3 is 2.48 bits per heavy atom. The lowest BCUT2D eigenvalue weighted by Crippen LogP contribution is -2.35. The molecular formula is C20H25NO2. The number of allylic oxidation sites excluding steroid dienone is 2. The topological polar surface area (TPSA) is 29.5 Å². The summed E-state index contributed by atoms with van der Waals surface area (Å²) < 4.78 is 5.09. The summed E-state index contributed by atoms with van der Waals surface area (Å²) in [5.74, 6) is -0.245. The molecule has 0 aromatic heterocycles. The first-order valence-corrected chi connectivity index (χ1v) is 8.53. The Labute approximate surface area is 138 Å².